The molecule has 0 fully saturated rings. The van der Waals surface area contributed by atoms with E-state index in [1.165, 1.54) is 30.3 Å². The molecule has 0 unspecified atom stereocenters. The van der Waals surface area contributed by atoms with Gasteiger partial charge in [0.1, 0.15) is 5.75 Å². The van der Waals surface area contributed by atoms with Crippen LogP contribution in [0.3, 0.4) is 0 Å². The Morgan fingerprint density at radius 2 is 1.52 bits per heavy atom. The molecule has 0 aromatic heterocycles. The van der Waals surface area contributed by atoms with Crippen LogP contribution in [-0.2, 0) is 4.79 Å². The Kier molecular flexibility index (Phi) is 5.63. The summed E-state index contributed by atoms with van der Waals surface area (Å²) in [4.78, 5) is 34.3. The zero-order valence-electron chi connectivity index (χ0n) is 13.6. The van der Waals surface area contributed by atoms with Gasteiger partial charge in [-0.2, -0.15) is 0 Å². The fraction of sp³-hybridized carbons (Fsp3) is 0.0500. The van der Waals surface area contributed by atoms with Gasteiger partial charge in [-0.25, -0.2) is 9.59 Å². The molecule has 2 rings (SSSR count). The fourth-order valence-corrected chi connectivity index (χ4v) is 1.89. The molecule has 1 N–H and O–H groups in total. The summed E-state index contributed by atoms with van der Waals surface area (Å²) in [6.45, 7) is 5.04. The van der Waals surface area contributed by atoms with Crippen LogP contribution in [0.15, 0.2) is 66.8 Å². The first-order chi connectivity index (χ1) is 11.9. The molecule has 0 radical (unpaired) electrons. The van der Waals surface area contributed by atoms with Crippen LogP contribution in [0.1, 0.15) is 33.2 Å². The molecule has 0 heterocycles. The zero-order chi connectivity index (χ0) is 18.4. The van der Waals surface area contributed by atoms with Gasteiger partial charge in [0.2, 0.25) is 0 Å². The van der Waals surface area contributed by atoms with Crippen LogP contribution >= 0.6 is 0 Å². The third-order valence-electron chi connectivity index (χ3n) is 3.28. The van der Waals surface area contributed by atoms with Gasteiger partial charge in [-0.3, -0.25) is 4.79 Å². The SMILES string of the molecule is C=C(C)C(=O)Oc1ccc(C(=O)C=Cc2ccc(C(=O)O)cc2)cc1. The van der Waals surface area contributed by atoms with Gasteiger partial charge in [0.15, 0.2) is 5.78 Å². The second-order valence-electron chi connectivity index (χ2n) is 5.32. The topological polar surface area (TPSA) is 80.7 Å². The van der Waals surface area contributed by atoms with Gasteiger partial charge in [0, 0.05) is 11.1 Å². The van der Waals surface area contributed by atoms with E-state index in [4.69, 9.17) is 9.84 Å². The van der Waals surface area contributed by atoms with E-state index in [1.807, 2.05) is 0 Å². The van der Waals surface area contributed by atoms with Crippen LogP contribution < -0.4 is 4.74 Å². The van der Waals surface area contributed by atoms with Gasteiger partial charge < -0.3 is 9.84 Å². The monoisotopic (exact) mass is 336 g/mol. The maximum absolute atomic E-state index is 12.1. The van der Waals surface area contributed by atoms with Crippen LogP contribution in [0.4, 0.5) is 0 Å². The molecule has 126 valence electrons. The van der Waals surface area contributed by atoms with E-state index in [0.717, 1.165) is 0 Å². The molecule has 25 heavy (non-hydrogen) atoms. The van der Waals surface area contributed by atoms with Gasteiger partial charge >= 0.3 is 11.9 Å². The Labute approximate surface area is 144 Å². The molecule has 0 bridgehead atoms. The van der Waals surface area contributed by atoms with E-state index in [2.05, 4.69) is 6.58 Å². The number of hydrogen-bond donors (Lipinski definition) is 1. The Morgan fingerprint density at radius 1 is 0.960 bits per heavy atom. The highest BCUT2D eigenvalue weighted by atomic mass is 16.5. The number of ether oxygens (including phenoxy) is 1. The normalized spacial score (nSPS) is 10.4. The summed E-state index contributed by atoms with van der Waals surface area (Å²) in [5, 5.41) is 8.84. The van der Waals surface area contributed by atoms with Crippen molar-refractivity contribution >= 4 is 23.8 Å². The summed E-state index contributed by atoms with van der Waals surface area (Å²) in [6, 6.07) is 12.4. The van der Waals surface area contributed by atoms with Crippen molar-refractivity contribution in [1.29, 1.82) is 0 Å². The predicted octanol–water partition coefficient (Wildman–Crippen LogP) is 3.76. The molecule has 0 saturated heterocycles. The first kappa shape index (κ1) is 17.9. The number of carboxylic acid groups (broad SMARTS) is 1. The lowest BCUT2D eigenvalue weighted by Crippen LogP contribution is -2.08. The smallest absolute Gasteiger partial charge is 0.338 e. The number of hydrogen-bond acceptors (Lipinski definition) is 4. The highest BCUT2D eigenvalue weighted by Gasteiger charge is 2.07. The summed E-state index contributed by atoms with van der Waals surface area (Å²) < 4.78 is 5.05. The standard InChI is InChI=1S/C20H16O5/c1-13(2)20(24)25-17-10-8-15(9-11-17)18(21)12-5-14-3-6-16(7-4-14)19(22)23/h3-12H,1H2,2H3,(H,22,23). The van der Waals surface area contributed by atoms with E-state index in [0.29, 0.717) is 16.9 Å². The minimum Gasteiger partial charge on any atom is -0.478 e. The van der Waals surface area contributed by atoms with Crippen LogP contribution in [0, 0.1) is 0 Å². The average molecular weight is 336 g/mol. The molecule has 5 heteroatoms. The Balaban J connectivity index is 2.03. The summed E-state index contributed by atoms with van der Waals surface area (Å²) in [5.41, 5.74) is 1.62. The van der Waals surface area contributed by atoms with Crippen molar-refractivity contribution < 1.29 is 24.2 Å². The lowest BCUT2D eigenvalue weighted by Gasteiger charge is -2.04. The Morgan fingerprint density at radius 3 is 2.04 bits per heavy atom. The number of carboxylic acids is 1. The highest BCUT2D eigenvalue weighted by molar-refractivity contribution is 6.07. The van der Waals surface area contributed by atoms with Crippen molar-refractivity contribution in [3.8, 4) is 5.75 Å². The summed E-state index contributed by atoms with van der Waals surface area (Å²) >= 11 is 0. The molecule has 2 aromatic rings. The molecular formula is C20H16O5. The Hall–Kier alpha value is -3.47. The second kappa shape index (κ2) is 7.88. The molecule has 0 saturated carbocycles. The summed E-state index contributed by atoms with van der Waals surface area (Å²) in [7, 11) is 0. The van der Waals surface area contributed by atoms with Crippen LogP contribution in [0.5, 0.6) is 5.75 Å². The maximum atomic E-state index is 12.1. The number of benzene rings is 2. The Bertz CT molecular complexity index is 843. The van der Waals surface area contributed by atoms with E-state index in [1.54, 1.807) is 37.3 Å². The van der Waals surface area contributed by atoms with Gasteiger partial charge in [0.25, 0.3) is 0 Å². The number of ketones is 1. The summed E-state index contributed by atoms with van der Waals surface area (Å²) in [6.07, 6.45) is 2.99. The molecule has 0 spiro atoms. The second-order valence-corrected chi connectivity index (χ2v) is 5.32. The fourth-order valence-electron chi connectivity index (χ4n) is 1.89. The number of rotatable bonds is 6. The molecule has 0 aliphatic heterocycles. The molecular weight excluding hydrogens is 320 g/mol. The molecule has 0 aliphatic carbocycles. The number of allylic oxidation sites excluding steroid dienone is 1. The third kappa shape index (κ3) is 5.00. The van der Waals surface area contributed by atoms with E-state index < -0.39 is 11.9 Å². The number of esters is 1. The van der Waals surface area contributed by atoms with Crippen LogP contribution in [0.25, 0.3) is 6.08 Å². The van der Waals surface area contributed by atoms with Crippen LogP contribution in [0.2, 0.25) is 0 Å². The predicted molar refractivity (Wildman–Crippen MR) is 93.7 cm³/mol. The average Bonchev–Trinajstić information content (AvgIpc) is 2.60. The molecule has 5 nitrogen and oxygen atoms in total. The highest BCUT2D eigenvalue weighted by Crippen LogP contribution is 2.15. The van der Waals surface area contributed by atoms with E-state index in [-0.39, 0.29) is 16.9 Å². The number of carbonyl (C=O) groups is 3. The van der Waals surface area contributed by atoms with E-state index >= 15 is 0 Å². The van der Waals surface area contributed by atoms with Gasteiger partial charge in [0.05, 0.1) is 5.56 Å². The molecule has 0 aliphatic rings. The van der Waals surface area contributed by atoms with Crippen molar-refractivity contribution in [3.63, 3.8) is 0 Å². The van der Waals surface area contributed by atoms with E-state index in [9.17, 15) is 14.4 Å². The zero-order valence-corrected chi connectivity index (χ0v) is 13.6. The third-order valence-corrected chi connectivity index (χ3v) is 3.28. The number of carbonyl (C=O) groups excluding carboxylic acids is 2. The first-order valence-electron chi connectivity index (χ1n) is 7.40. The quantitative estimate of drug-likeness (QED) is 0.376. The van der Waals surface area contributed by atoms with Crippen LogP contribution in [-0.4, -0.2) is 22.8 Å². The van der Waals surface area contributed by atoms with Gasteiger partial charge in [-0.05, 0) is 55.0 Å². The van der Waals surface area contributed by atoms with Crippen molar-refractivity contribution in [2.75, 3.05) is 0 Å². The van der Waals surface area contributed by atoms with Crippen molar-refractivity contribution in [3.05, 3.63) is 83.4 Å². The largest absolute Gasteiger partial charge is 0.478 e. The maximum Gasteiger partial charge on any atom is 0.338 e. The number of aromatic carboxylic acids is 1. The first-order valence-corrected chi connectivity index (χ1v) is 7.40. The van der Waals surface area contributed by atoms with Crippen molar-refractivity contribution in [2.24, 2.45) is 0 Å². The van der Waals surface area contributed by atoms with Gasteiger partial charge in [-0.1, -0.05) is 24.8 Å². The lowest BCUT2D eigenvalue weighted by molar-refractivity contribution is -0.130. The van der Waals surface area contributed by atoms with Crippen molar-refractivity contribution in [1.82, 2.24) is 0 Å². The van der Waals surface area contributed by atoms with Crippen molar-refractivity contribution in [2.45, 2.75) is 6.92 Å². The molecule has 0 atom stereocenters. The van der Waals surface area contributed by atoms with Gasteiger partial charge in [-0.15, -0.1) is 0 Å². The molecule has 2 aromatic carbocycles. The minimum absolute atomic E-state index is 0.184. The minimum atomic E-state index is -1.00. The summed E-state index contributed by atoms with van der Waals surface area (Å²) in [5.74, 6) is -1.42. The lowest BCUT2D eigenvalue weighted by atomic mass is 10.1. The molecule has 0 amide bonds.